The van der Waals surface area contributed by atoms with Gasteiger partial charge in [0.05, 0.1) is 11.3 Å². The first-order valence-corrected chi connectivity index (χ1v) is 6.17. The van der Waals surface area contributed by atoms with E-state index in [1.165, 1.54) is 4.90 Å². The largest absolute Gasteiger partial charge is 0.396 e. The number of aliphatic hydroxyl groups is 1. The molecule has 0 aliphatic carbocycles. The zero-order valence-corrected chi connectivity index (χ0v) is 10.4. The van der Waals surface area contributed by atoms with Crippen molar-refractivity contribution < 1.29 is 18.7 Å². The number of aliphatic hydroxyl groups excluding tert-OH is 1. The Kier molecular flexibility index (Phi) is 3.99. The summed E-state index contributed by atoms with van der Waals surface area (Å²) in [4.78, 5) is 13.6. The van der Waals surface area contributed by atoms with Crippen LogP contribution in [0.25, 0.3) is 0 Å². The maximum Gasteiger partial charge on any atom is 0.257 e. The second-order valence-corrected chi connectivity index (χ2v) is 4.77. The number of rotatable bonds is 3. The summed E-state index contributed by atoms with van der Waals surface area (Å²) < 4.78 is 27.0. The van der Waals surface area contributed by atoms with Gasteiger partial charge in [0.1, 0.15) is 5.82 Å². The van der Waals surface area contributed by atoms with Gasteiger partial charge in [-0.2, -0.15) is 0 Å². The van der Waals surface area contributed by atoms with Crippen LogP contribution in [0.15, 0.2) is 12.1 Å². The molecule has 1 aliphatic heterocycles. The van der Waals surface area contributed by atoms with Crippen LogP contribution in [0, 0.1) is 17.6 Å². The molecule has 1 heterocycles. The van der Waals surface area contributed by atoms with Gasteiger partial charge in [-0.3, -0.25) is 4.79 Å². The predicted octanol–water partition coefficient (Wildman–Crippen LogP) is 1.39. The second kappa shape index (κ2) is 5.52. The van der Waals surface area contributed by atoms with Gasteiger partial charge >= 0.3 is 0 Å². The van der Waals surface area contributed by atoms with Crippen molar-refractivity contribution in [1.82, 2.24) is 4.90 Å². The van der Waals surface area contributed by atoms with Crippen LogP contribution in [-0.4, -0.2) is 35.6 Å². The van der Waals surface area contributed by atoms with Crippen molar-refractivity contribution in [3.05, 3.63) is 29.3 Å². The zero-order chi connectivity index (χ0) is 14.0. The Morgan fingerprint density at radius 3 is 2.89 bits per heavy atom. The number of nitrogens with two attached hydrogens (primary N) is 1. The molecule has 1 unspecified atom stereocenters. The van der Waals surface area contributed by atoms with Gasteiger partial charge < -0.3 is 15.7 Å². The lowest BCUT2D eigenvalue weighted by Gasteiger charge is -2.17. The fourth-order valence-electron chi connectivity index (χ4n) is 2.37. The molecule has 0 spiro atoms. The van der Waals surface area contributed by atoms with Gasteiger partial charge in [0, 0.05) is 19.7 Å². The number of benzene rings is 1. The van der Waals surface area contributed by atoms with E-state index in [1.54, 1.807) is 0 Å². The average molecular weight is 270 g/mol. The molecule has 4 nitrogen and oxygen atoms in total. The minimum atomic E-state index is -0.878. The summed E-state index contributed by atoms with van der Waals surface area (Å²) in [5, 5.41) is 8.86. The standard InChI is InChI=1S/C13H16F2N2O2/c14-9-5-10(12(15)11(16)6-9)13(19)17-3-1-8(7-17)2-4-18/h5-6,8,18H,1-4,7,16H2. The molecular weight excluding hydrogens is 254 g/mol. The Labute approximate surface area is 109 Å². The van der Waals surface area contributed by atoms with Gasteiger partial charge in [-0.1, -0.05) is 0 Å². The molecule has 104 valence electrons. The van der Waals surface area contributed by atoms with Gasteiger partial charge in [-0.05, 0) is 30.9 Å². The normalized spacial score (nSPS) is 18.9. The van der Waals surface area contributed by atoms with Crippen molar-refractivity contribution in [2.24, 2.45) is 5.92 Å². The molecular formula is C13H16F2N2O2. The first kappa shape index (κ1) is 13.7. The van der Waals surface area contributed by atoms with E-state index >= 15 is 0 Å². The fourth-order valence-corrected chi connectivity index (χ4v) is 2.37. The monoisotopic (exact) mass is 270 g/mol. The highest BCUT2D eigenvalue weighted by atomic mass is 19.1. The molecule has 1 aliphatic rings. The van der Waals surface area contributed by atoms with Gasteiger partial charge in [-0.15, -0.1) is 0 Å². The Balaban J connectivity index is 2.17. The molecule has 1 fully saturated rings. The summed E-state index contributed by atoms with van der Waals surface area (Å²) in [6, 6.07) is 1.72. The lowest BCUT2D eigenvalue weighted by Crippen LogP contribution is -2.30. The Morgan fingerprint density at radius 2 is 2.21 bits per heavy atom. The Morgan fingerprint density at radius 1 is 1.47 bits per heavy atom. The summed E-state index contributed by atoms with van der Waals surface area (Å²) in [6.45, 7) is 1.00. The van der Waals surface area contributed by atoms with E-state index in [-0.39, 0.29) is 23.8 Å². The fraction of sp³-hybridized carbons (Fsp3) is 0.462. The molecule has 0 aromatic heterocycles. The van der Waals surface area contributed by atoms with Gasteiger partial charge in [0.15, 0.2) is 5.82 Å². The number of hydrogen-bond acceptors (Lipinski definition) is 3. The molecule has 3 N–H and O–H groups in total. The molecule has 19 heavy (non-hydrogen) atoms. The van der Waals surface area contributed by atoms with E-state index in [2.05, 4.69) is 0 Å². The van der Waals surface area contributed by atoms with Crippen molar-refractivity contribution in [2.45, 2.75) is 12.8 Å². The number of anilines is 1. The Hall–Kier alpha value is -1.69. The molecule has 0 saturated carbocycles. The SMILES string of the molecule is Nc1cc(F)cc(C(=O)N2CCC(CCO)C2)c1F. The molecule has 1 aromatic rings. The van der Waals surface area contributed by atoms with Crippen LogP contribution in [0.1, 0.15) is 23.2 Å². The maximum absolute atomic E-state index is 13.8. The van der Waals surface area contributed by atoms with Crippen molar-refractivity contribution in [1.29, 1.82) is 0 Å². The highest BCUT2D eigenvalue weighted by molar-refractivity contribution is 5.95. The smallest absolute Gasteiger partial charge is 0.257 e. The second-order valence-electron chi connectivity index (χ2n) is 4.77. The molecule has 1 atom stereocenters. The number of halogens is 2. The van der Waals surface area contributed by atoms with Crippen LogP contribution >= 0.6 is 0 Å². The molecule has 6 heteroatoms. The number of nitrogen functional groups attached to an aromatic ring is 1. The molecule has 0 bridgehead atoms. The molecule has 1 amide bonds. The quantitative estimate of drug-likeness (QED) is 0.816. The van der Waals surface area contributed by atoms with E-state index in [0.717, 1.165) is 18.6 Å². The van der Waals surface area contributed by atoms with Crippen molar-refractivity contribution in [3.8, 4) is 0 Å². The number of hydrogen-bond donors (Lipinski definition) is 2. The van der Waals surface area contributed by atoms with Crippen LogP contribution in [0.2, 0.25) is 0 Å². The first-order valence-electron chi connectivity index (χ1n) is 6.17. The van der Waals surface area contributed by atoms with Gasteiger partial charge in [-0.25, -0.2) is 8.78 Å². The summed E-state index contributed by atoms with van der Waals surface area (Å²) in [5.41, 5.74) is 4.62. The topological polar surface area (TPSA) is 66.6 Å². The van der Waals surface area contributed by atoms with E-state index in [1.807, 2.05) is 0 Å². The Bertz CT molecular complexity index is 494. The third-order valence-corrected chi connectivity index (χ3v) is 3.41. The molecule has 1 saturated heterocycles. The third-order valence-electron chi connectivity index (χ3n) is 3.41. The first-order chi connectivity index (χ1) is 9.02. The van der Waals surface area contributed by atoms with Crippen molar-refractivity contribution in [2.75, 3.05) is 25.4 Å². The van der Waals surface area contributed by atoms with E-state index < -0.39 is 17.5 Å². The van der Waals surface area contributed by atoms with Crippen molar-refractivity contribution in [3.63, 3.8) is 0 Å². The number of nitrogens with zero attached hydrogens (tertiary/aromatic N) is 1. The van der Waals surface area contributed by atoms with E-state index in [4.69, 9.17) is 10.8 Å². The molecule has 0 radical (unpaired) electrons. The summed E-state index contributed by atoms with van der Waals surface area (Å²) in [5.74, 6) is -1.95. The van der Waals surface area contributed by atoms with Crippen LogP contribution in [-0.2, 0) is 0 Å². The minimum Gasteiger partial charge on any atom is -0.396 e. The van der Waals surface area contributed by atoms with Crippen LogP contribution < -0.4 is 5.73 Å². The van der Waals surface area contributed by atoms with E-state index in [0.29, 0.717) is 19.5 Å². The van der Waals surface area contributed by atoms with Crippen molar-refractivity contribution >= 4 is 11.6 Å². The van der Waals surface area contributed by atoms with Gasteiger partial charge in [0.2, 0.25) is 0 Å². The zero-order valence-electron chi connectivity index (χ0n) is 10.4. The summed E-state index contributed by atoms with van der Waals surface area (Å²) in [7, 11) is 0. The number of amides is 1. The highest BCUT2D eigenvalue weighted by Gasteiger charge is 2.28. The summed E-state index contributed by atoms with van der Waals surface area (Å²) >= 11 is 0. The van der Waals surface area contributed by atoms with Crippen LogP contribution in [0.4, 0.5) is 14.5 Å². The van der Waals surface area contributed by atoms with Gasteiger partial charge in [0.25, 0.3) is 5.91 Å². The predicted molar refractivity (Wildman–Crippen MR) is 66.5 cm³/mol. The van der Waals surface area contributed by atoms with Crippen LogP contribution in [0.3, 0.4) is 0 Å². The third kappa shape index (κ3) is 2.84. The number of carbonyl (C=O) groups excluding carboxylic acids is 1. The lowest BCUT2D eigenvalue weighted by molar-refractivity contribution is 0.0779. The highest BCUT2D eigenvalue weighted by Crippen LogP contribution is 2.24. The maximum atomic E-state index is 13.8. The number of carbonyl (C=O) groups is 1. The summed E-state index contributed by atoms with van der Waals surface area (Å²) in [6.07, 6.45) is 1.37. The molecule has 2 rings (SSSR count). The van der Waals surface area contributed by atoms with E-state index in [9.17, 15) is 13.6 Å². The lowest BCUT2D eigenvalue weighted by atomic mass is 10.1. The average Bonchev–Trinajstić information content (AvgIpc) is 2.82. The minimum absolute atomic E-state index is 0.0635. The van der Waals surface area contributed by atoms with Crippen LogP contribution in [0.5, 0.6) is 0 Å². The number of likely N-dealkylation sites (tertiary alicyclic amines) is 1. The molecule has 1 aromatic carbocycles.